The molecule has 0 aliphatic carbocycles. The van der Waals surface area contributed by atoms with Crippen molar-refractivity contribution >= 4 is 11.9 Å². The highest BCUT2D eigenvalue weighted by Crippen LogP contribution is 2.50. The zero-order valence-corrected chi connectivity index (χ0v) is 9.87. The fraction of sp³-hybridized carbons (Fsp3) is 0.667. The van der Waals surface area contributed by atoms with E-state index in [4.69, 9.17) is 14.2 Å². The standard InChI is InChI=1S/C12H14O6/c1-4(2)12(15)18-8-5-3-16-9-6(11(13)14)10(8)17-7(5)9/h5-10H,1,3H2,2H3,(H,13,14). The first-order valence-electron chi connectivity index (χ1n) is 5.87. The number of hydrogen-bond donors (Lipinski definition) is 1. The van der Waals surface area contributed by atoms with E-state index in [1.54, 1.807) is 6.92 Å². The van der Waals surface area contributed by atoms with Crippen molar-refractivity contribution < 1.29 is 28.9 Å². The number of fused-ring (bicyclic) bond motifs is 1. The molecule has 1 N–H and O–H groups in total. The van der Waals surface area contributed by atoms with Gasteiger partial charge >= 0.3 is 11.9 Å². The third kappa shape index (κ3) is 1.42. The Balaban J connectivity index is 1.83. The molecule has 3 aliphatic rings. The number of carboxylic acids is 1. The number of aliphatic carboxylic acids is 1. The summed E-state index contributed by atoms with van der Waals surface area (Å²) in [4.78, 5) is 22.8. The van der Waals surface area contributed by atoms with E-state index in [1.807, 2.05) is 0 Å². The van der Waals surface area contributed by atoms with Crippen LogP contribution >= 0.6 is 0 Å². The second kappa shape index (κ2) is 3.80. The van der Waals surface area contributed by atoms with Crippen LogP contribution in [0.15, 0.2) is 12.2 Å². The minimum absolute atomic E-state index is 0.0566. The second-order valence-electron chi connectivity index (χ2n) is 5.04. The van der Waals surface area contributed by atoms with E-state index >= 15 is 0 Å². The maximum atomic E-state index is 11.6. The predicted octanol–water partition coefficient (Wildman–Crippen LogP) is -0.0289. The lowest BCUT2D eigenvalue weighted by Crippen LogP contribution is -2.47. The van der Waals surface area contributed by atoms with Crippen LogP contribution in [-0.2, 0) is 23.8 Å². The Morgan fingerprint density at radius 1 is 1.33 bits per heavy atom. The lowest BCUT2D eigenvalue weighted by Gasteiger charge is -2.27. The molecule has 3 aliphatic heterocycles. The van der Waals surface area contributed by atoms with E-state index in [-0.39, 0.29) is 12.0 Å². The van der Waals surface area contributed by atoms with Crippen molar-refractivity contribution in [1.29, 1.82) is 0 Å². The number of rotatable bonds is 3. The van der Waals surface area contributed by atoms with Gasteiger partial charge in [-0.2, -0.15) is 0 Å². The average Bonchev–Trinajstić information content (AvgIpc) is 2.87. The highest BCUT2D eigenvalue weighted by Gasteiger charge is 2.67. The van der Waals surface area contributed by atoms with Crippen molar-refractivity contribution in [3.63, 3.8) is 0 Å². The van der Waals surface area contributed by atoms with Crippen LogP contribution in [0.5, 0.6) is 0 Å². The maximum absolute atomic E-state index is 11.6. The van der Waals surface area contributed by atoms with Crippen LogP contribution in [0.25, 0.3) is 0 Å². The van der Waals surface area contributed by atoms with Crippen molar-refractivity contribution in [3.8, 4) is 0 Å². The first-order valence-corrected chi connectivity index (χ1v) is 5.87. The van der Waals surface area contributed by atoms with Crippen LogP contribution in [0.1, 0.15) is 6.92 Å². The highest BCUT2D eigenvalue weighted by atomic mass is 16.6. The van der Waals surface area contributed by atoms with E-state index in [2.05, 4.69) is 6.58 Å². The van der Waals surface area contributed by atoms with E-state index in [1.165, 1.54) is 0 Å². The van der Waals surface area contributed by atoms with E-state index in [0.717, 1.165) is 0 Å². The van der Waals surface area contributed by atoms with Crippen LogP contribution in [0, 0.1) is 11.8 Å². The number of carbonyl (C=O) groups excluding carboxylic acids is 1. The SMILES string of the molecule is C=C(C)C(=O)OC1C2COC3C2OC1C3C(=O)O. The Morgan fingerprint density at radius 3 is 2.67 bits per heavy atom. The first kappa shape index (κ1) is 11.7. The predicted molar refractivity (Wildman–Crippen MR) is 57.7 cm³/mol. The van der Waals surface area contributed by atoms with Gasteiger partial charge in [0.1, 0.15) is 24.2 Å². The summed E-state index contributed by atoms with van der Waals surface area (Å²) in [5, 5.41) is 9.20. The zero-order valence-electron chi connectivity index (χ0n) is 9.87. The van der Waals surface area contributed by atoms with Gasteiger partial charge in [-0.3, -0.25) is 4.79 Å². The molecule has 0 amide bonds. The molecular formula is C12H14O6. The smallest absolute Gasteiger partial charge is 0.333 e. The quantitative estimate of drug-likeness (QED) is 0.562. The summed E-state index contributed by atoms with van der Waals surface area (Å²) in [7, 11) is 0. The summed E-state index contributed by atoms with van der Waals surface area (Å²) in [6.45, 7) is 5.44. The van der Waals surface area contributed by atoms with Crippen molar-refractivity contribution in [2.45, 2.75) is 31.3 Å². The number of carbonyl (C=O) groups is 2. The molecule has 6 unspecified atom stereocenters. The van der Waals surface area contributed by atoms with E-state index in [0.29, 0.717) is 12.2 Å². The Labute approximate surface area is 104 Å². The summed E-state index contributed by atoms with van der Waals surface area (Å²) in [5.41, 5.74) is 0.292. The van der Waals surface area contributed by atoms with Gasteiger partial charge in [0, 0.05) is 5.57 Å². The Kier molecular flexibility index (Phi) is 2.46. The van der Waals surface area contributed by atoms with Crippen LogP contribution in [-0.4, -0.2) is 48.1 Å². The molecule has 3 rings (SSSR count). The summed E-state index contributed by atoms with van der Waals surface area (Å²) in [6, 6.07) is 0. The third-order valence-electron chi connectivity index (χ3n) is 3.87. The Bertz CT molecular complexity index is 430. The monoisotopic (exact) mass is 254 g/mol. The topological polar surface area (TPSA) is 82.1 Å². The molecule has 18 heavy (non-hydrogen) atoms. The minimum Gasteiger partial charge on any atom is -0.481 e. The van der Waals surface area contributed by atoms with Crippen LogP contribution in [0.4, 0.5) is 0 Å². The fourth-order valence-corrected chi connectivity index (χ4v) is 3.06. The molecule has 6 atom stereocenters. The van der Waals surface area contributed by atoms with Gasteiger partial charge in [-0.1, -0.05) is 6.58 Å². The van der Waals surface area contributed by atoms with Gasteiger partial charge in [0.15, 0.2) is 0 Å². The summed E-state index contributed by atoms with van der Waals surface area (Å²) in [6.07, 6.45) is -1.82. The maximum Gasteiger partial charge on any atom is 0.333 e. The molecule has 0 aromatic carbocycles. The molecule has 0 spiro atoms. The molecule has 0 aromatic rings. The molecule has 3 heterocycles. The molecule has 6 nitrogen and oxygen atoms in total. The van der Waals surface area contributed by atoms with Gasteiger partial charge < -0.3 is 19.3 Å². The molecule has 0 radical (unpaired) electrons. The van der Waals surface area contributed by atoms with Crippen molar-refractivity contribution in [1.82, 2.24) is 0 Å². The molecule has 2 bridgehead atoms. The molecule has 98 valence electrons. The van der Waals surface area contributed by atoms with Gasteiger partial charge in [0.25, 0.3) is 0 Å². The number of esters is 1. The summed E-state index contributed by atoms with van der Waals surface area (Å²) in [5.74, 6) is -2.29. The van der Waals surface area contributed by atoms with Gasteiger partial charge in [0.05, 0.1) is 18.6 Å². The highest BCUT2D eigenvalue weighted by molar-refractivity contribution is 5.87. The zero-order chi connectivity index (χ0) is 13.0. The van der Waals surface area contributed by atoms with E-state index in [9.17, 15) is 14.7 Å². The third-order valence-corrected chi connectivity index (χ3v) is 3.87. The van der Waals surface area contributed by atoms with Crippen LogP contribution in [0.3, 0.4) is 0 Å². The van der Waals surface area contributed by atoms with E-state index < -0.39 is 36.2 Å². The first-order chi connectivity index (χ1) is 8.50. The normalized spacial score (nSPS) is 44.1. The number of carboxylic acid groups (broad SMARTS) is 1. The lowest BCUT2D eigenvalue weighted by atomic mass is 9.80. The second-order valence-corrected chi connectivity index (χ2v) is 5.04. The van der Waals surface area contributed by atoms with Gasteiger partial charge in [-0.05, 0) is 6.92 Å². The molecule has 0 saturated carbocycles. The summed E-state index contributed by atoms with van der Waals surface area (Å²) >= 11 is 0. The molecule has 3 fully saturated rings. The van der Waals surface area contributed by atoms with Crippen LogP contribution < -0.4 is 0 Å². The molecule has 0 aromatic heterocycles. The van der Waals surface area contributed by atoms with Gasteiger partial charge in [0.2, 0.25) is 0 Å². The molecule has 3 saturated heterocycles. The summed E-state index contributed by atoms with van der Waals surface area (Å²) < 4.78 is 16.4. The lowest BCUT2D eigenvalue weighted by molar-refractivity contribution is -0.156. The van der Waals surface area contributed by atoms with Crippen LogP contribution in [0.2, 0.25) is 0 Å². The minimum atomic E-state index is -0.968. The molecule has 6 heteroatoms. The van der Waals surface area contributed by atoms with Gasteiger partial charge in [-0.25, -0.2) is 4.79 Å². The average molecular weight is 254 g/mol. The Morgan fingerprint density at radius 2 is 2.06 bits per heavy atom. The Hall–Kier alpha value is -1.40. The fourth-order valence-electron chi connectivity index (χ4n) is 3.06. The van der Waals surface area contributed by atoms with Crippen molar-refractivity contribution in [2.24, 2.45) is 11.8 Å². The number of hydrogen-bond acceptors (Lipinski definition) is 5. The van der Waals surface area contributed by atoms with Crippen molar-refractivity contribution in [3.05, 3.63) is 12.2 Å². The van der Waals surface area contributed by atoms with Gasteiger partial charge in [-0.15, -0.1) is 0 Å². The van der Waals surface area contributed by atoms with Crippen molar-refractivity contribution in [2.75, 3.05) is 6.61 Å². The number of ether oxygens (including phenoxy) is 3. The largest absolute Gasteiger partial charge is 0.481 e. The molecular weight excluding hydrogens is 240 g/mol.